The number of benzene rings is 2. The number of nitrogens with one attached hydrogen (secondary N) is 2. The fraction of sp³-hybridized carbons (Fsp3) is 0.464. The summed E-state index contributed by atoms with van der Waals surface area (Å²) in [5, 5.41) is 25.1. The molecule has 0 aliphatic heterocycles. The molecule has 0 saturated heterocycles. The molecule has 2 atom stereocenters. The second-order valence-electron chi connectivity index (χ2n) is 9.89. The Morgan fingerprint density at radius 2 is 1.59 bits per heavy atom. The number of aryl methyl sites for hydroxylation is 3. The molecule has 0 heterocycles. The summed E-state index contributed by atoms with van der Waals surface area (Å²) in [5.41, 5.74) is 3.10. The number of hydrogen-bond acceptors (Lipinski definition) is 6. The summed E-state index contributed by atoms with van der Waals surface area (Å²) in [7, 11) is 0. The predicted octanol–water partition coefficient (Wildman–Crippen LogP) is 3.25. The van der Waals surface area contributed by atoms with E-state index in [1.807, 2.05) is 51.1 Å². The Bertz CT molecular complexity index is 1060. The number of aliphatic hydroxyl groups is 2. The molecule has 202 valence electrons. The van der Waals surface area contributed by atoms with Crippen molar-refractivity contribution in [2.24, 2.45) is 0 Å². The quantitative estimate of drug-likeness (QED) is 0.386. The van der Waals surface area contributed by atoms with E-state index in [1.165, 1.54) is 4.90 Å². The number of nitrogens with zero attached hydrogens (tertiary/aromatic N) is 1. The lowest BCUT2D eigenvalue weighted by molar-refractivity contribution is -0.142. The predicted molar refractivity (Wildman–Crippen MR) is 142 cm³/mol. The minimum Gasteiger partial charge on any atom is -0.444 e. The SMILES string of the molecule is CCc1ccc(C(C(=O)Nc2c(C)cccc2C)N(CCO)C(=O)C(CO)NC(=O)OC(C)(C)C)cc1. The lowest BCUT2D eigenvalue weighted by atomic mass is 10.00. The molecule has 2 unspecified atom stereocenters. The van der Waals surface area contributed by atoms with Crippen LogP contribution in [0, 0.1) is 13.8 Å². The van der Waals surface area contributed by atoms with Crippen LogP contribution in [0.2, 0.25) is 0 Å². The van der Waals surface area contributed by atoms with Crippen LogP contribution in [-0.4, -0.2) is 64.4 Å². The number of carbonyl (C=O) groups is 3. The zero-order chi connectivity index (χ0) is 27.8. The molecule has 2 aromatic rings. The molecule has 37 heavy (non-hydrogen) atoms. The monoisotopic (exact) mass is 513 g/mol. The van der Waals surface area contributed by atoms with Crippen LogP contribution in [0.5, 0.6) is 0 Å². The number of aliphatic hydroxyl groups excluding tert-OH is 2. The maximum atomic E-state index is 13.8. The van der Waals surface area contributed by atoms with Gasteiger partial charge in [-0.15, -0.1) is 0 Å². The van der Waals surface area contributed by atoms with Gasteiger partial charge in [-0.25, -0.2) is 4.79 Å². The smallest absolute Gasteiger partial charge is 0.408 e. The van der Waals surface area contributed by atoms with Gasteiger partial charge in [0.15, 0.2) is 0 Å². The van der Waals surface area contributed by atoms with E-state index in [4.69, 9.17) is 4.74 Å². The number of ether oxygens (including phenoxy) is 1. The largest absolute Gasteiger partial charge is 0.444 e. The van der Waals surface area contributed by atoms with E-state index in [9.17, 15) is 24.6 Å². The molecule has 4 N–H and O–H groups in total. The van der Waals surface area contributed by atoms with Gasteiger partial charge in [-0.3, -0.25) is 9.59 Å². The molecule has 0 radical (unpaired) electrons. The molecular weight excluding hydrogens is 474 g/mol. The van der Waals surface area contributed by atoms with Gasteiger partial charge >= 0.3 is 6.09 Å². The van der Waals surface area contributed by atoms with E-state index < -0.39 is 48.8 Å². The maximum absolute atomic E-state index is 13.8. The third-order valence-corrected chi connectivity index (χ3v) is 5.79. The molecule has 2 aromatic carbocycles. The van der Waals surface area contributed by atoms with Crippen LogP contribution in [0.25, 0.3) is 0 Å². The van der Waals surface area contributed by atoms with E-state index in [0.29, 0.717) is 11.3 Å². The van der Waals surface area contributed by atoms with Crippen molar-refractivity contribution < 1.29 is 29.3 Å². The van der Waals surface area contributed by atoms with Crippen molar-refractivity contribution in [3.05, 3.63) is 64.7 Å². The first kappa shape index (κ1) is 29.8. The third kappa shape index (κ3) is 8.30. The van der Waals surface area contributed by atoms with E-state index in [0.717, 1.165) is 23.1 Å². The topological polar surface area (TPSA) is 128 Å². The highest BCUT2D eigenvalue weighted by molar-refractivity contribution is 5.99. The molecule has 9 heteroatoms. The number of alkyl carbamates (subject to hydrolysis) is 1. The summed E-state index contributed by atoms with van der Waals surface area (Å²) in [5.74, 6) is -1.22. The molecule has 0 saturated carbocycles. The highest BCUT2D eigenvalue weighted by atomic mass is 16.6. The van der Waals surface area contributed by atoms with Crippen molar-refractivity contribution in [1.82, 2.24) is 10.2 Å². The Morgan fingerprint density at radius 1 is 1.00 bits per heavy atom. The standard InChI is InChI=1S/C28H39N3O6/c1-7-20-11-13-21(14-12-20)24(25(34)30-23-18(2)9-8-10-19(23)3)31(15-16-32)26(35)22(17-33)29-27(36)37-28(4,5)6/h8-14,22,24,32-33H,7,15-17H2,1-6H3,(H,29,36)(H,30,34). The van der Waals surface area contributed by atoms with Gasteiger partial charge in [0.1, 0.15) is 17.7 Å². The van der Waals surface area contributed by atoms with Gasteiger partial charge in [-0.1, -0.05) is 49.4 Å². The Hall–Kier alpha value is -3.43. The first-order valence-corrected chi connectivity index (χ1v) is 12.4. The minimum absolute atomic E-state index is 0.203. The number of amides is 3. The number of rotatable bonds is 10. The van der Waals surface area contributed by atoms with E-state index in [1.54, 1.807) is 32.9 Å². The van der Waals surface area contributed by atoms with Crippen LogP contribution in [0.3, 0.4) is 0 Å². The second-order valence-corrected chi connectivity index (χ2v) is 9.89. The van der Waals surface area contributed by atoms with Crippen molar-refractivity contribution >= 4 is 23.6 Å². The fourth-order valence-corrected chi connectivity index (χ4v) is 3.92. The molecule has 3 amide bonds. The second kappa shape index (κ2) is 13.2. The number of anilines is 1. The Kier molecular flexibility index (Phi) is 10.6. The average molecular weight is 514 g/mol. The summed E-state index contributed by atoms with van der Waals surface area (Å²) in [6.45, 7) is 9.42. The number of para-hydroxylation sites is 1. The van der Waals surface area contributed by atoms with Gasteiger partial charge in [0.25, 0.3) is 5.91 Å². The van der Waals surface area contributed by atoms with Crippen LogP contribution < -0.4 is 10.6 Å². The molecule has 0 fully saturated rings. The Labute approximate surface area is 218 Å². The first-order chi connectivity index (χ1) is 17.4. The maximum Gasteiger partial charge on any atom is 0.408 e. The van der Waals surface area contributed by atoms with Crippen molar-refractivity contribution in [2.75, 3.05) is 25.1 Å². The summed E-state index contributed by atoms with van der Waals surface area (Å²) in [6.07, 6.45) is -0.0849. The summed E-state index contributed by atoms with van der Waals surface area (Å²) < 4.78 is 5.22. The van der Waals surface area contributed by atoms with Crippen molar-refractivity contribution in [3.63, 3.8) is 0 Å². The molecule has 0 bridgehead atoms. The Morgan fingerprint density at radius 3 is 2.08 bits per heavy atom. The fourth-order valence-electron chi connectivity index (χ4n) is 3.92. The summed E-state index contributed by atoms with van der Waals surface area (Å²) >= 11 is 0. The van der Waals surface area contributed by atoms with Gasteiger partial charge in [-0.05, 0) is 63.3 Å². The van der Waals surface area contributed by atoms with Crippen LogP contribution in [0.4, 0.5) is 10.5 Å². The van der Waals surface area contributed by atoms with E-state index >= 15 is 0 Å². The number of carbonyl (C=O) groups excluding carboxylic acids is 3. The van der Waals surface area contributed by atoms with Gasteiger partial charge < -0.3 is 30.5 Å². The number of hydrogen-bond donors (Lipinski definition) is 4. The lowest BCUT2D eigenvalue weighted by Crippen LogP contribution is -2.54. The van der Waals surface area contributed by atoms with Crippen molar-refractivity contribution in [1.29, 1.82) is 0 Å². The Balaban J connectivity index is 2.49. The minimum atomic E-state index is -1.38. The molecule has 2 rings (SSSR count). The van der Waals surface area contributed by atoms with Gasteiger partial charge in [0, 0.05) is 12.2 Å². The van der Waals surface area contributed by atoms with E-state index in [2.05, 4.69) is 10.6 Å². The normalized spacial score (nSPS) is 12.9. The lowest BCUT2D eigenvalue weighted by Gasteiger charge is -2.34. The van der Waals surface area contributed by atoms with Gasteiger partial charge in [-0.2, -0.15) is 0 Å². The zero-order valence-electron chi connectivity index (χ0n) is 22.5. The summed E-state index contributed by atoms with van der Waals surface area (Å²) in [4.78, 5) is 40.8. The molecule has 9 nitrogen and oxygen atoms in total. The first-order valence-electron chi connectivity index (χ1n) is 12.4. The van der Waals surface area contributed by atoms with Gasteiger partial charge in [0.2, 0.25) is 5.91 Å². The van der Waals surface area contributed by atoms with Crippen LogP contribution in [0.15, 0.2) is 42.5 Å². The zero-order valence-corrected chi connectivity index (χ0v) is 22.5. The van der Waals surface area contributed by atoms with Crippen LogP contribution in [0.1, 0.15) is 56.0 Å². The van der Waals surface area contributed by atoms with Crippen molar-refractivity contribution in [3.8, 4) is 0 Å². The highest BCUT2D eigenvalue weighted by Gasteiger charge is 2.36. The third-order valence-electron chi connectivity index (χ3n) is 5.79. The van der Waals surface area contributed by atoms with Crippen LogP contribution >= 0.6 is 0 Å². The average Bonchev–Trinajstić information content (AvgIpc) is 2.83. The molecule has 0 aliphatic rings. The van der Waals surface area contributed by atoms with E-state index in [-0.39, 0.29) is 6.54 Å². The highest BCUT2D eigenvalue weighted by Crippen LogP contribution is 2.27. The summed E-state index contributed by atoms with van der Waals surface area (Å²) in [6, 6.07) is 10.4. The van der Waals surface area contributed by atoms with Gasteiger partial charge in [0.05, 0.1) is 13.2 Å². The van der Waals surface area contributed by atoms with Crippen molar-refractivity contribution in [2.45, 2.75) is 65.6 Å². The molecule has 0 aromatic heterocycles. The molecule has 0 spiro atoms. The molecule has 0 aliphatic carbocycles. The molecular formula is C28H39N3O6. The van der Waals surface area contributed by atoms with Crippen LogP contribution in [-0.2, 0) is 20.7 Å².